The van der Waals surface area contributed by atoms with Gasteiger partial charge in [-0.05, 0) is 32.4 Å². The number of carboxylic acids is 1. The Kier molecular flexibility index (Phi) is 14.8. The van der Waals surface area contributed by atoms with Crippen molar-refractivity contribution in [3.8, 4) is 5.75 Å². The molecule has 2 rings (SSSR count). The van der Waals surface area contributed by atoms with Crippen LogP contribution in [-0.2, 0) is 28.7 Å². The number of carboxylic acid groups (broad SMARTS) is 1. The van der Waals surface area contributed by atoms with E-state index < -0.39 is 110 Å². The van der Waals surface area contributed by atoms with E-state index in [0.717, 1.165) is 30.9 Å². The molecule has 4 atom stereocenters. The van der Waals surface area contributed by atoms with Crippen LogP contribution in [0.15, 0.2) is 18.2 Å². The number of aliphatic carboxylic acids is 1. The maximum absolute atomic E-state index is 14.2. The van der Waals surface area contributed by atoms with Crippen molar-refractivity contribution in [1.29, 1.82) is 0 Å². The highest BCUT2D eigenvalue weighted by Crippen LogP contribution is 2.35. The van der Waals surface area contributed by atoms with Crippen molar-refractivity contribution in [2.45, 2.75) is 69.5 Å². The smallest absolute Gasteiger partial charge is 0.455 e. The number of rotatable bonds is 17. The quantitative estimate of drug-likeness (QED) is 0.0842. The lowest BCUT2D eigenvalue weighted by Gasteiger charge is -2.30. The lowest BCUT2D eigenvalue weighted by molar-refractivity contribution is -0.279. The average molecular weight is 745 g/mol. The Morgan fingerprint density at radius 2 is 1.69 bits per heavy atom. The third kappa shape index (κ3) is 12.8. The molecule has 0 bridgehead atoms. The maximum Gasteiger partial charge on any atom is 0.455 e. The zero-order chi connectivity index (χ0) is 38.7. The fourth-order valence-electron chi connectivity index (χ4n) is 4.45. The zero-order valence-electron chi connectivity index (χ0n) is 27.5. The summed E-state index contributed by atoms with van der Waals surface area (Å²) in [5, 5.41) is 30.2. The predicted molar refractivity (Wildman–Crippen MR) is 162 cm³/mol. The van der Waals surface area contributed by atoms with Gasteiger partial charge in [-0.1, -0.05) is 0 Å². The number of fused-ring (bicyclic) bond motifs is 1. The highest BCUT2D eigenvalue weighted by atomic mass is 19.4. The minimum Gasteiger partial charge on any atom is -0.486 e. The lowest BCUT2D eigenvalue weighted by Crippen LogP contribution is -2.60. The molecule has 0 saturated heterocycles. The van der Waals surface area contributed by atoms with Crippen molar-refractivity contribution in [3.63, 3.8) is 0 Å². The fourth-order valence-corrected chi connectivity index (χ4v) is 4.45. The van der Waals surface area contributed by atoms with Gasteiger partial charge in [0.25, 0.3) is 5.91 Å². The van der Waals surface area contributed by atoms with E-state index in [1.165, 1.54) is 18.3 Å². The molecule has 0 radical (unpaired) electrons. The highest BCUT2D eigenvalue weighted by Gasteiger charge is 2.57. The number of carbonyl (C=O) groups is 6. The minimum atomic E-state index is -5.96. The van der Waals surface area contributed by atoms with Crippen LogP contribution in [0.5, 0.6) is 5.75 Å². The molecule has 0 fully saturated rings. The molecule has 1 aliphatic heterocycles. The van der Waals surface area contributed by atoms with E-state index in [9.17, 15) is 60.2 Å². The number of nitrogens with zero attached hydrogens (tertiary/aromatic N) is 1. The van der Waals surface area contributed by atoms with Gasteiger partial charge in [-0.15, -0.1) is 0 Å². The van der Waals surface area contributed by atoms with Crippen molar-refractivity contribution < 1.29 is 74.8 Å². The average Bonchev–Trinajstić information content (AvgIpc) is 3.11. The molecule has 0 aromatic heterocycles. The van der Waals surface area contributed by atoms with Crippen molar-refractivity contribution >= 4 is 41.4 Å². The number of amides is 5. The van der Waals surface area contributed by atoms with Crippen molar-refractivity contribution in [3.05, 3.63) is 24.0 Å². The Hall–Kier alpha value is -4.86. The number of halogens is 6. The highest BCUT2D eigenvalue weighted by molar-refractivity contribution is 5.99. The number of nitrogens with one attached hydrogen (secondary N) is 5. The molecule has 1 aromatic carbocycles. The second kappa shape index (κ2) is 17.9. The van der Waals surface area contributed by atoms with Crippen LogP contribution in [0.4, 0.5) is 36.8 Å². The van der Waals surface area contributed by atoms with Gasteiger partial charge >= 0.3 is 24.2 Å². The summed E-state index contributed by atoms with van der Waals surface area (Å²) in [6.07, 6.45) is -8.63. The van der Waals surface area contributed by atoms with E-state index >= 15 is 0 Å². The van der Waals surface area contributed by atoms with Crippen LogP contribution in [0, 0.1) is 5.82 Å². The van der Waals surface area contributed by atoms with Crippen LogP contribution in [0.25, 0.3) is 0 Å². The number of alkyl halides is 5. The molecule has 1 aromatic rings. The molecule has 22 heteroatoms. The Bertz CT molecular complexity index is 1450. The second-order valence-electron chi connectivity index (χ2n) is 11.5. The molecule has 7 N–H and O–H groups in total. The summed E-state index contributed by atoms with van der Waals surface area (Å²) >= 11 is 0. The van der Waals surface area contributed by atoms with Gasteiger partial charge in [-0.3, -0.25) is 29.3 Å². The van der Waals surface area contributed by atoms with Gasteiger partial charge in [0.2, 0.25) is 17.7 Å². The molecule has 0 spiro atoms. The van der Waals surface area contributed by atoms with Crippen LogP contribution in [0.3, 0.4) is 0 Å². The summed E-state index contributed by atoms with van der Waals surface area (Å²) in [6, 6.07) is 0.620. The number of hydrogen-bond acceptors (Lipinski definition) is 10. The van der Waals surface area contributed by atoms with Crippen molar-refractivity contribution in [2.24, 2.45) is 0 Å². The standard InChI is InChI=1S/C29H38F6N6O10/c1-15-22(38-13-27(3,49)25(47)39-14-28(31,32)29(33,34)35)24(46)41(19-12-17(30)4-6-20(19)51-15)10-11-50-26(48)37-9-8-36-23(45)18(40-16(2)42)5-7-21(43)44/h4,6,12,15,18,22,38,49H,5,7-11,13-14H2,1-3H3,(H,36,45)(H,37,48)(H,39,47)(H,40,42)(H,43,44)/t15-,18+,22+,27+/m1/s1. The molecule has 0 unspecified atom stereocenters. The first-order chi connectivity index (χ1) is 23.6. The van der Waals surface area contributed by atoms with E-state index in [-0.39, 0.29) is 30.9 Å². The Morgan fingerprint density at radius 3 is 2.29 bits per heavy atom. The van der Waals surface area contributed by atoms with Crippen LogP contribution in [-0.4, -0.2) is 121 Å². The monoisotopic (exact) mass is 744 g/mol. The minimum absolute atomic E-state index is 0.00144. The maximum atomic E-state index is 14.2. The van der Waals surface area contributed by atoms with E-state index in [0.29, 0.717) is 0 Å². The van der Waals surface area contributed by atoms with Gasteiger partial charge in [-0.25, -0.2) is 9.18 Å². The molecule has 5 amide bonds. The number of anilines is 1. The zero-order valence-corrected chi connectivity index (χ0v) is 27.5. The van der Waals surface area contributed by atoms with Gasteiger partial charge < -0.3 is 45.9 Å². The summed E-state index contributed by atoms with van der Waals surface area (Å²) in [6.45, 7) is -0.891. The second-order valence-corrected chi connectivity index (χ2v) is 11.5. The Morgan fingerprint density at radius 1 is 1.04 bits per heavy atom. The van der Waals surface area contributed by atoms with Gasteiger partial charge in [0.05, 0.1) is 18.8 Å². The molecular formula is C29H38F6N6O10. The number of benzene rings is 1. The number of alkyl carbamates (subject to hydrolysis) is 1. The molecule has 51 heavy (non-hydrogen) atoms. The Balaban J connectivity index is 2.01. The first-order valence-corrected chi connectivity index (χ1v) is 15.2. The molecule has 16 nitrogen and oxygen atoms in total. The fraction of sp³-hybridized carbons (Fsp3) is 0.586. The first kappa shape index (κ1) is 42.3. The summed E-state index contributed by atoms with van der Waals surface area (Å²) in [5.41, 5.74) is -2.71. The first-order valence-electron chi connectivity index (χ1n) is 15.2. The van der Waals surface area contributed by atoms with Crippen LogP contribution in [0.2, 0.25) is 0 Å². The van der Waals surface area contributed by atoms with Crippen LogP contribution >= 0.6 is 0 Å². The van der Waals surface area contributed by atoms with E-state index in [4.69, 9.17) is 14.6 Å². The number of hydrogen-bond donors (Lipinski definition) is 7. The number of ether oxygens (including phenoxy) is 2. The lowest BCUT2D eigenvalue weighted by atomic mass is 10.0. The summed E-state index contributed by atoms with van der Waals surface area (Å²) in [5.74, 6) is -11.0. The number of aliphatic hydroxyl groups is 1. The molecule has 0 saturated carbocycles. The molecule has 1 aliphatic rings. The summed E-state index contributed by atoms with van der Waals surface area (Å²) in [4.78, 5) is 73.6. The Labute approximate surface area is 286 Å². The van der Waals surface area contributed by atoms with Crippen molar-refractivity contribution in [2.75, 3.05) is 44.2 Å². The third-order valence-corrected chi connectivity index (χ3v) is 7.15. The molecular weight excluding hydrogens is 706 g/mol. The molecule has 286 valence electrons. The van der Waals surface area contributed by atoms with Crippen LogP contribution in [0.1, 0.15) is 33.6 Å². The normalized spacial score (nSPS) is 17.8. The topological polar surface area (TPSA) is 225 Å². The molecule has 1 heterocycles. The van der Waals surface area contributed by atoms with Crippen molar-refractivity contribution in [1.82, 2.24) is 26.6 Å². The summed E-state index contributed by atoms with van der Waals surface area (Å²) < 4.78 is 89.0. The van der Waals surface area contributed by atoms with Gasteiger partial charge in [-0.2, -0.15) is 22.0 Å². The van der Waals surface area contributed by atoms with Gasteiger partial charge in [0.15, 0.2) is 5.60 Å². The SMILES string of the molecule is CC(=O)N[C@@H](CCC(=O)O)C(=O)NCCNC(=O)OCCN1C(=O)[C@@H](NC[C@](C)(O)C(=O)NCC(F)(F)C(F)(F)F)[C@@H](C)Oc2ccc(F)cc21. The van der Waals surface area contributed by atoms with E-state index in [2.05, 4.69) is 21.3 Å². The number of carbonyl (C=O) groups excluding carboxylic acids is 5. The van der Waals surface area contributed by atoms with Gasteiger partial charge in [0, 0.05) is 39.0 Å². The molecule has 0 aliphatic carbocycles. The van der Waals surface area contributed by atoms with E-state index in [1.807, 2.05) is 0 Å². The van der Waals surface area contributed by atoms with Crippen LogP contribution < -0.4 is 36.2 Å². The van der Waals surface area contributed by atoms with E-state index in [1.54, 1.807) is 0 Å². The largest absolute Gasteiger partial charge is 0.486 e. The predicted octanol–water partition coefficient (Wildman–Crippen LogP) is 0.175. The third-order valence-electron chi connectivity index (χ3n) is 7.15. The van der Waals surface area contributed by atoms with Gasteiger partial charge in [0.1, 0.15) is 36.4 Å². The summed E-state index contributed by atoms with van der Waals surface area (Å²) in [7, 11) is 0.